The molecule has 0 aromatic rings. The zero-order chi connectivity index (χ0) is 12.1. The highest BCUT2D eigenvalue weighted by molar-refractivity contribution is 5.86. The van der Waals surface area contributed by atoms with Crippen LogP contribution in [-0.2, 0) is 9.53 Å². The van der Waals surface area contributed by atoms with Gasteiger partial charge in [0.15, 0.2) is 0 Å². The fourth-order valence-corrected chi connectivity index (χ4v) is 2.33. The van der Waals surface area contributed by atoms with Gasteiger partial charge in [0.05, 0.1) is 5.41 Å². The van der Waals surface area contributed by atoms with E-state index in [9.17, 15) is 9.59 Å². The van der Waals surface area contributed by atoms with Crippen molar-refractivity contribution in [3.05, 3.63) is 0 Å². The Morgan fingerprint density at radius 1 is 1.44 bits per heavy atom. The molecular weight excluding hydrogens is 208 g/mol. The van der Waals surface area contributed by atoms with Crippen LogP contribution in [0.4, 0.5) is 4.79 Å². The second kappa shape index (κ2) is 3.12. The largest absolute Gasteiger partial charge is 0.444 e. The number of fused-ring (bicyclic) bond motifs is 1. The first-order chi connectivity index (χ1) is 7.24. The van der Waals surface area contributed by atoms with Crippen molar-refractivity contribution in [3.8, 4) is 0 Å². The fourth-order valence-electron chi connectivity index (χ4n) is 2.33. The van der Waals surface area contributed by atoms with E-state index in [2.05, 4.69) is 0 Å². The molecule has 0 aromatic heterocycles. The van der Waals surface area contributed by atoms with E-state index < -0.39 is 11.0 Å². The van der Waals surface area contributed by atoms with Crippen LogP contribution in [-0.4, -0.2) is 35.6 Å². The third kappa shape index (κ3) is 1.74. The number of carbonyl (C=O) groups excluding carboxylic acids is 2. The van der Waals surface area contributed by atoms with Crippen molar-refractivity contribution in [3.63, 3.8) is 0 Å². The van der Waals surface area contributed by atoms with E-state index >= 15 is 0 Å². The second-order valence-electron chi connectivity index (χ2n) is 5.78. The number of nitrogens with two attached hydrogens (primary N) is 1. The van der Waals surface area contributed by atoms with Gasteiger partial charge in [0.2, 0.25) is 5.91 Å². The maximum Gasteiger partial charge on any atom is 0.410 e. The van der Waals surface area contributed by atoms with Gasteiger partial charge in [-0.2, -0.15) is 0 Å². The SMILES string of the molecule is CC(C)(C)OC(=O)N1CC2CC2(C(N)=O)C1. The molecule has 2 unspecified atom stereocenters. The van der Waals surface area contributed by atoms with Gasteiger partial charge >= 0.3 is 6.09 Å². The first-order valence-corrected chi connectivity index (χ1v) is 5.52. The second-order valence-corrected chi connectivity index (χ2v) is 5.78. The number of piperidine rings is 1. The Morgan fingerprint density at radius 3 is 2.50 bits per heavy atom. The van der Waals surface area contributed by atoms with Gasteiger partial charge in [-0.25, -0.2) is 4.79 Å². The number of primary amides is 1. The van der Waals surface area contributed by atoms with Gasteiger partial charge in [-0.15, -0.1) is 0 Å². The summed E-state index contributed by atoms with van der Waals surface area (Å²) in [6.45, 7) is 6.49. The lowest BCUT2D eigenvalue weighted by molar-refractivity contribution is -0.123. The van der Waals surface area contributed by atoms with E-state index in [-0.39, 0.29) is 17.9 Å². The number of carbonyl (C=O) groups is 2. The lowest BCUT2D eigenvalue weighted by Crippen LogP contribution is -2.39. The highest BCUT2D eigenvalue weighted by Gasteiger charge is 2.65. The van der Waals surface area contributed by atoms with Crippen LogP contribution in [0.15, 0.2) is 0 Å². The van der Waals surface area contributed by atoms with E-state index in [4.69, 9.17) is 10.5 Å². The molecule has 1 saturated carbocycles. The Bertz CT molecular complexity index is 348. The van der Waals surface area contributed by atoms with Crippen molar-refractivity contribution >= 4 is 12.0 Å². The molecule has 2 atom stereocenters. The van der Waals surface area contributed by atoms with Gasteiger partial charge in [-0.05, 0) is 33.1 Å². The molecule has 2 fully saturated rings. The first-order valence-electron chi connectivity index (χ1n) is 5.52. The van der Waals surface area contributed by atoms with Crippen LogP contribution < -0.4 is 5.73 Å². The molecule has 1 heterocycles. The van der Waals surface area contributed by atoms with Gasteiger partial charge in [-0.1, -0.05) is 0 Å². The Hall–Kier alpha value is -1.26. The van der Waals surface area contributed by atoms with E-state index in [0.717, 1.165) is 6.42 Å². The van der Waals surface area contributed by atoms with Crippen molar-refractivity contribution < 1.29 is 14.3 Å². The van der Waals surface area contributed by atoms with Crippen molar-refractivity contribution in [1.29, 1.82) is 0 Å². The van der Waals surface area contributed by atoms with Gasteiger partial charge in [0, 0.05) is 13.1 Å². The molecular formula is C11H18N2O3. The standard InChI is InChI=1S/C11H18N2O3/c1-10(2,3)16-9(15)13-5-7-4-11(7,6-13)8(12)14/h7H,4-6H2,1-3H3,(H2,12,14). The molecule has 0 aromatic carbocycles. The summed E-state index contributed by atoms with van der Waals surface area (Å²) in [5.74, 6) is -0.0407. The summed E-state index contributed by atoms with van der Waals surface area (Å²) in [5.41, 5.74) is 4.40. The van der Waals surface area contributed by atoms with Crippen LogP contribution in [0.3, 0.4) is 0 Å². The number of hydrogen-bond acceptors (Lipinski definition) is 3. The smallest absolute Gasteiger partial charge is 0.410 e. The molecule has 0 radical (unpaired) electrons. The number of nitrogens with zero attached hydrogens (tertiary/aromatic N) is 1. The predicted molar refractivity (Wildman–Crippen MR) is 57.5 cm³/mol. The third-order valence-electron chi connectivity index (χ3n) is 3.29. The van der Waals surface area contributed by atoms with E-state index in [1.165, 1.54) is 0 Å². The zero-order valence-corrected chi connectivity index (χ0v) is 9.95. The molecule has 0 spiro atoms. The van der Waals surface area contributed by atoms with E-state index in [1.807, 2.05) is 20.8 Å². The molecule has 1 aliphatic carbocycles. The van der Waals surface area contributed by atoms with Gasteiger partial charge in [0.1, 0.15) is 5.60 Å². The highest BCUT2D eigenvalue weighted by atomic mass is 16.6. The maximum absolute atomic E-state index is 11.7. The Labute approximate surface area is 94.9 Å². The minimum atomic E-state index is -0.496. The minimum absolute atomic E-state index is 0.248. The zero-order valence-electron chi connectivity index (χ0n) is 9.95. The fraction of sp³-hybridized carbons (Fsp3) is 0.818. The van der Waals surface area contributed by atoms with Gasteiger partial charge in [-0.3, -0.25) is 4.79 Å². The molecule has 2 amide bonds. The van der Waals surface area contributed by atoms with Crippen LogP contribution in [0.5, 0.6) is 0 Å². The van der Waals surface area contributed by atoms with E-state index in [0.29, 0.717) is 13.1 Å². The van der Waals surface area contributed by atoms with Crippen molar-refractivity contribution in [1.82, 2.24) is 4.90 Å². The third-order valence-corrected chi connectivity index (χ3v) is 3.29. The lowest BCUT2D eigenvalue weighted by Gasteiger charge is -2.25. The molecule has 16 heavy (non-hydrogen) atoms. The van der Waals surface area contributed by atoms with Gasteiger partial charge in [0.25, 0.3) is 0 Å². The van der Waals surface area contributed by atoms with Crippen molar-refractivity contribution in [2.24, 2.45) is 17.1 Å². The highest BCUT2D eigenvalue weighted by Crippen LogP contribution is 2.57. The molecule has 2 rings (SSSR count). The van der Waals surface area contributed by atoms with Crippen LogP contribution in [0, 0.1) is 11.3 Å². The number of hydrogen-bond donors (Lipinski definition) is 1. The summed E-state index contributed by atoms with van der Waals surface area (Å²) in [6.07, 6.45) is 0.474. The van der Waals surface area contributed by atoms with Crippen LogP contribution in [0.25, 0.3) is 0 Å². The summed E-state index contributed by atoms with van der Waals surface area (Å²) in [6, 6.07) is 0. The van der Waals surface area contributed by atoms with Crippen LogP contribution in [0.1, 0.15) is 27.2 Å². The summed E-state index contributed by atoms with van der Waals surface area (Å²) < 4.78 is 5.25. The number of rotatable bonds is 1. The number of ether oxygens (including phenoxy) is 1. The molecule has 1 aliphatic heterocycles. The van der Waals surface area contributed by atoms with Crippen molar-refractivity contribution in [2.45, 2.75) is 32.8 Å². The molecule has 5 nitrogen and oxygen atoms in total. The summed E-state index contributed by atoms with van der Waals surface area (Å²) in [7, 11) is 0. The topological polar surface area (TPSA) is 72.6 Å². The summed E-state index contributed by atoms with van der Waals surface area (Å²) in [4.78, 5) is 24.6. The Kier molecular flexibility index (Phi) is 2.19. The molecule has 1 saturated heterocycles. The Balaban J connectivity index is 1.96. The number of likely N-dealkylation sites (tertiary alicyclic amines) is 1. The average Bonchev–Trinajstić information content (AvgIpc) is 2.67. The van der Waals surface area contributed by atoms with Crippen molar-refractivity contribution in [2.75, 3.05) is 13.1 Å². The number of amides is 2. The maximum atomic E-state index is 11.7. The Morgan fingerprint density at radius 2 is 2.06 bits per heavy atom. The normalized spacial score (nSPS) is 32.2. The minimum Gasteiger partial charge on any atom is -0.444 e. The molecule has 90 valence electrons. The quantitative estimate of drug-likeness (QED) is 0.716. The molecule has 2 aliphatic rings. The molecule has 0 bridgehead atoms. The summed E-state index contributed by atoms with van der Waals surface area (Å²) >= 11 is 0. The lowest BCUT2D eigenvalue weighted by atomic mass is 10.1. The first kappa shape index (κ1) is 11.2. The van der Waals surface area contributed by atoms with Gasteiger partial charge < -0.3 is 15.4 Å². The van der Waals surface area contributed by atoms with E-state index in [1.54, 1.807) is 4.90 Å². The van der Waals surface area contributed by atoms with Crippen LogP contribution >= 0.6 is 0 Å². The summed E-state index contributed by atoms with van der Waals surface area (Å²) in [5, 5.41) is 0. The predicted octanol–water partition coefficient (Wildman–Crippen LogP) is 0.729. The monoisotopic (exact) mass is 226 g/mol. The molecule has 5 heteroatoms. The molecule has 2 N–H and O–H groups in total. The van der Waals surface area contributed by atoms with Crippen LogP contribution in [0.2, 0.25) is 0 Å². The average molecular weight is 226 g/mol.